The Morgan fingerprint density at radius 2 is 2.04 bits per heavy atom. The lowest BCUT2D eigenvalue weighted by molar-refractivity contribution is -0.384. The molecule has 0 aliphatic carbocycles. The van der Waals surface area contributed by atoms with Gasteiger partial charge in [0.05, 0.1) is 27.2 Å². The van der Waals surface area contributed by atoms with Gasteiger partial charge in [0.1, 0.15) is 5.82 Å². The molecule has 0 saturated heterocycles. The van der Waals surface area contributed by atoms with Crippen molar-refractivity contribution in [1.82, 2.24) is 0 Å². The van der Waals surface area contributed by atoms with Gasteiger partial charge in [-0.15, -0.1) is 0 Å². The SMILES string of the molecule is Cc1cc(-c2c(F)cccc2[N+](=O)[O-])c(Cl)c2c1NC(C)(C)[C@@H](O)[C@@H]2C. The van der Waals surface area contributed by atoms with Crippen LogP contribution >= 0.6 is 11.6 Å². The van der Waals surface area contributed by atoms with Crippen molar-refractivity contribution < 1.29 is 14.4 Å². The molecule has 0 aromatic heterocycles. The van der Waals surface area contributed by atoms with E-state index >= 15 is 0 Å². The highest BCUT2D eigenvalue weighted by Crippen LogP contribution is 2.49. The maximum atomic E-state index is 14.5. The molecule has 0 radical (unpaired) electrons. The van der Waals surface area contributed by atoms with Crippen LogP contribution in [0.2, 0.25) is 5.02 Å². The number of nitrogens with zero attached hydrogens (tertiary/aromatic N) is 1. The average molecular weight is 379 g/mol. The summed E-state index contributed by atoms with van der Waals surface area (Å²) in [5.74, 6) is -1.03. The van der Waals surface area contributed by atoms with E-state index < -0.39 is 22.4 Å². The monoisotopic (exact) mass is 378 g/mol. The molecule has 2 aromatic rings. The Bertz CT molecular complexity index is 914. The highest BCUT2D eigenvalue weighted by atomic mass is 35.5. The van der Waals surface area contributed by atoms with E-state index in [1.165, 1.54) is 18.2 Å². The molecule has 0 unspecified atom stereocenters. The van der Waals surface area contributed by atoms with Crippen LogP contribution in [0.15, 0.2) is 24.3 Å². The normalized spacial score (nSPS) is 21.0. The van der Waals surface area contributed by atoms with E-state index in [9.17, 15) is 19.6 Å². The molecule has 2 N–H and O–H groups in total. The van der Waals surface area contributed by atoms with Gasteiger partial charge in [-0.1, -0.05) is 24.6 Å². The van der Waals surface area contributed by atoms with Crippen LogP contribution in [0.1, 0.15) is 37.8 Å². The predicted molar refractivity (Wildman–Crippen MR) is 100 cm³/mol. The number of nitro benzene ring substituents is 1. The third-order valence-corrected chi connectivity index (χ3v) is 5.48. The predicted octanol–water partition coefficient (Wildman–Crippen LogP) is 5.03. The summed E-state index contributed by atoms with van der Waals surface area (Å²) in [6.45, 7) is 7.45. The lowest BCUT2D eigenvalue weighted by Gasteiger charge is -2.43. The Balaban J connectivity index is 2.33. The van der Waals surface area contributed by atoms with Crippen LogP contribution < -0.4 is 5.32 Å². The summed E-state index contributed by atoms with van der Waals surface area (Å²) in [5, 5.41) is 25.5. The summed E-state index contributed by atoms with van der Waals surface area (Å²) in [4.78, 5) is 10.8. The molecule has 2 atom stereocenters. The molecule has 3 rings (SSSR count). The van der Waals surface area contributed by atoms with E-state index in [4.69, 9.17) is 11.6 Å². The Kier molecular flexibility index (Phi) is 4.45. The largest absolute Gasteiger partial charge is 0.390 e. The van der Waals surface area contributed by atoms with Crippen LogP contribution in [0.25, 0.3) is 11.1 Å². The number of aliphatic hydroxyl groups is 1. The fraction of sp³-hybridized carbons (Fsp3) is 0.368. The first-order valence-electron chi connectivity index (χ1n) is 8.28. The maximum absolute atomic E-state index is 14.5. The molecule has 26 heavy (non-hydrogen) atoms. The number of fused-ring (bicyclic) bond motifs is 1. The zero-order valence-electron chi connectivity index (χ0n) is 14.9. The Morgan fingerprint density at radius 1 is 1.38 bits per heavy atom. The number of anilines is 1. The number of halogens is 2. The zero-order chi connectivity index (χ0) is 19.4. The summed E-state index contributed by atoms with van der Waals surface area (Å²) in [7, 11) is 0. The van der Waals surface area contributed by atoms with Crippen LogP contribution in [-0.4, -0.2) is 21.7 Å². The minimum atomic E-state index is -0.724. The molecule has 1 aliphatic heterocycles. The first-order chi connectivity index (χ1) is 12.1. The van der Waals surface area contributed by atoms with Gasteiger partial charge in [0, 0.05) is 28.8 Å². The smallest absolute Gasteiger partial charge is 0.280 e. The Morgan fingerprint density at radius 3 is 2.65 bits per heavy atom. The van der Waals surface area contributed by atoms with E-state index in [1.54, 1.807) is 6.07 Å². The van der Waals surface area contributed by atoms with Gasteiger partial charge < -0.3 is 10.4 Å². The minimum Gasteiger partial charge on any atom is -0.390 e. The van der Waals surface area contributed by atoms with Gasteiger partial charge in [-0.2, -0.15) is 0 Å². The van der Waals surface area contributed by atoms with Crippen molar-refractivity contribution in [1.29, 1.82) is 0 Å². The lowest BCUT2D eigenvalue weighted by atomic mass is 9.77. The van der Waals surface area contributed by atoms with Crippen molar-refractivity contribution in [3.63, 3.8) is 0 Å². The van der Waals surface area contributed by atoms with E-state index in [2.05, 4.69) is 5.32 Å². The fourth-order valence-corrected chi connectivity index (χ4v) is 4.12. The summed E-state index contributed by atoms with van der Waals surface area (Å²) >= 11 is 6.59. The minimum absolute atomic E-state index is 0.139. The molecule has 1 aliphatic rings. The maximum Gasteiger partial charge on any atom is 0.280 e. The molecule has 0 spiro atoms. The first kappa shape index (κ1) is 18.6. The molecule has 0 amide bonds. The van der Waals surface area contributed by atoms with Gasteiger partial charge >= 0.3 is 0 Å². The molecule has 138 valence electrons. The summed E-state index contributed by atoms with van der Waals surface area (Å²) in [6.07, 6.45) is -0.724. The quantitative estimate of drug-likeness (QED) is 0.567. The molecular formula is C19H20ClFN2O3. The number of aliphatic hydroxyl groups excluding tert-OH is 1. The number of rotatable bonds is 2. The van der Waals surface area contributed by atoms with Gasteiger partial charge in [-0.3, -0.25) is 10.1 Å². The van der Waals surface area contributed by atoms with E-state index in [0.29, 0.717) is 5.56 Å². The van der Waals surface area contributed by atoms with Crippen molar-refractivity contribution in [2.45, 2.75) is 45.3 Å². The molecular weight excluding hydrogens is 359 g/mol. The van der Waals surface area contributed by atoms with Crippen LogP contribution in [0.4, 0.5) is 15.8 Å². The van der Waals surface area contributed by atoms with E-state index in [1.807, 2.05) is 27.7 Å². The van der Waals surface area contributed by atoms with Crippen molar-refractivity contribution >= 4 is 23.0 Å². The fourth-order valence-electron chi connectivity index (χ4n) is 3.71. The van der Waals surface area contributed by atoms with Crippen LogP contribution in [0.5, 0.6) is 0 Å². The molecule has 1 heterocycles. The third kappa shape index (κ3) is 2.73. The first-order valence-corrected chi connectivity index (χ1v) is 8.66. The van der Waals surface area contributed by atoms with Gasteiger partial charge in [0.2, 0.25) is 0 Å². The second kappa shape index (κ2) is 6.21. The summed E-state index contributed by atoms with van der Waals surface area (Å²) in [6, 6.07) is 5.38. The molecule has 0 fully saturated rings. The third-order valence-electron chi connectivity index (χ3n) is 5.07. The highest BCUT2D eigenvalue weighted by Gasteiger charge is 2.41. The molecule has 0 saturated carbocycles. The molecule has 7 heteroatoms. The number of nitro groups is 1. The van der Waals surface area contributed by atoms with E-state index in [0.717, 1.165) is 11.3 Å². The highest BCUT2D eigenvalue weighted by molar-refractivity contribution is 6.35. The van der Waals surface area contributed by atoms with Crippen LogP contribution in [-0.2, 0) is 0 Å². The number of nitrogens with one attached hydrogen (secondary N) is 1. The van der Waals surface area contributed by atoms with Crippen molar-refractivity contribution in [2.75, 3.05) is 5.32 Å². The number of aryl methyl sites for hydroxylation is 1. The number of hydrogen-bond acceptors (Lipinski definition) is 4. The molecule has 2 aromatic carbocycles. The zero-order valence-corrected chi connectivity index (χ0v) is 15.7. The van der Waals surface area contributed by atoms with Gasteiger partial charge in [0.15, 0.2) is 0 Å². The van der Waals surface area contributed by atoms with Crippen molar-refractivity contribution in [3.8, 4) is 11.1 Å². The standard InChI is InChI=1S/C19H20ClFN2O3/c1-9-8-11(15-12(21)6-5-7-13(15)23(25)26)16(20)14-10(2)18(24)19(3,4)22-17(9)14/h5-8,10,18,22,24H,1-4H3/t10-,18+/m1/s1. The van der Waals surface area contributed by atoms with Gasteiger partial charge in [-0.05, 0) is 38.5 Å². The average Bonchev–Trinajstić information content (AvgIpc) is 2.55. The second-order valence-electron chi connectivity index (χ2n) is 7.31. The number of hydrogen-bond donors (Lipinski definition) is 2. The van der Waals surface area contributed by atoms with Crippen molar-refractivity contribution in [3.05, 3.63) is 56.3 Å². The van der Waals surface area contributed by atoms with Crippen molar-refractivity contribution in [2.24, 2.45) is 0 Å². The topological polar surface area (TPSA) is 75.4 Å². The lowest BCUT2D eigenvalue weighted by Crippen LogP contribution is -2.50. The Labute approximate surface area is 156 Å². The van der Waals surface area contributed by atoms with E-state index in [-0.39, 0.29) is 27.8 Å². The Hall–Kier alpha value is -2.18. The summed E-state index contributed by atoms with van der Waals surface area (Å²) in [5.41, 5.74) is 1.42. The second-order valence-corrected chi connectivity index (χ2v) is 7.69. The molecule has 5 nitrogen and oxygen atoms in total. The van der Waals surface area contributed by atoms with Gasteiger partial charge in [0.25, 0.3) is 5.69 Å². The van der Waals surface area contributed by atoms with Crippen LogP contribution in [0.3, 0.4) is 0 Å². The molecule has 0 bridgehead atoms. The summed E-state index contributed by atoms with van der Waals surface area (Å²) < 4.78 is 14.5. The van der Waals surface area contributed by atoms with Crippen LogP contribution in [0, 0.1) is 22.9 Å². The number of benzene rings is 2. The van der Waals surface area contributed by atoms with Gasteiger partial charge in [-0.25, -0.2) is 4.39 Å².